The van der Waals surface area contributed by atoms with Crippen molar-refractivity contribution in [3.8, 4) is 0 Å². The Morgan fingerprint density at radius 2 is 2.00 bits per heavy atom. The van der Waals surface area contributed by atoms with E-state index in [-0.39, 0.29) is 23.3 Å². The fourth-order valence-electron chi connectivity index (χ4n) is 5.61. The fourth-order valence-corrected chi connectivity index (χ4v) is 5.61. The Hall–Kier alpha value is -1.36. The smallest absolute Gasteiger partial charge is 0.226 e. The van der Waals surface area contributed by atoms with Crippen LogP contribution in [0.4, 0.5) is 0 Å². The van der Waals surface area contributed by atoms with Gasteiger partial charge in [-0.2, -0.15) is 5.10 Å². The van der Waals surface area contributed by atoms with Gasteiger partial charge in [0.25, 0.3) is 0 Å². The number of ether oxygens (including phenoxy) is 1. The predicted molar refractivity (Wildman–Crippen MR) is 114 cm³/mol. The highest BCUT2D eigenvalue weighted by atomic mass is 16.5. The molecule has 3 atom stereocenters. The van der Waals surface area contributed by atoms with E-state index in [2.05, 4.69) is 48.9 Å². The molecule has 162 valence electrons. The van der Waals surface area contributed by atoms with E-state index >= 15 is 0 Å². The highest BCUT2D eigenvalue weighted by molar-refractivity contribution is 5.83. The summed E-state index contributed by atoms with van der Waals surface area (Å²) in [5.41, 5.74) is 1.24. The van der Waals surface area contributed by atoms with Crippen LogP contribution in [0, 0.1) is 23.2 Å². The molecule has 29 heavy (non-hydrogen) atoms. The molecule has 1 aliphatic heterocycles. The van der Waals surface area contributed by atoms with Crippen LogP contribution in [0.3, 0.4) is 0 Å². The number of aromatic nitrogens is 2. The summed E-state index contributed by atoms with van der Waals surface area (Å²) in [4.78, 5) is 15.5. The molecule has 1 amide bonds. The number of hydrogen-bond donors (Lipinski definition) is 1. The Kier molecular flexibility index (Phi) is 6.06. The third-order valence-corrected chi connectivity index (χ3v) is 7.94. The van der Waals surface area contributed by atoms with Crippen LogP contribution in [0.2, 0.25) is 0 Å². The number of hydrogen-bond acceptors (Lipinski definition) is 3. The Labute approximate surface area is 176 Å². The van der Waals surface area contributed by atoms with Gasteiger partial charge in [-0.1, -0.05) is 27.7 Å². The standard InChI is InChI=1S/C24H39N3O2/c1-16(2)17-7-9-18(10-8-17)29-15-22-19(21-11-12-25-26-21)6-5-13-27(22)23(28)20-14-24(20,3)4/h11-12,16-20,22H,5-10,13-15H2,1-4H3,(H,25,26). The molecule has 3 unspecified atom stereocenters. The van der Waals surface area contributed by atoms with Gasteiger partial charge in [0.1, 0.15) is 0 Å². The Bertz CT molecular complexity index is 676. The molecular weight excluding hydrogens is 362 g/mol. The van der Waals surface area contributed by atoms with E-state index in [0.29, 0.717) is 18.6 Å². The number of H-pyrrole nitrogens is 1. The molecular formula is C24H39N3O2. The molecule has 1 aromatic rings. The third kappa shape index (κ3) is 4.55. The van der Waals surface area contributed by atoms with Crippen molar-refractivity contribution in [3.63, 3.8) is 0 Å². The summed E-state index contributed by atoms with van der Waals surface area (Å²) in [6.45, 7) is 10.6. The van der Waals surface area contributed by atoms with Crippen LogP contribution in [0.5, 0.6) is 0 Å². The van der Waals surface area contributed by atoms with E-state index in [9.17, 15) is 4.79 Å². The Morgan fingerprint density at radius 1 is 1.28 bits per heavy atom. The largest absolute Gasteiger partial charge is 0.376 e. The van der Waals surface area contributed by atoms with E-state index in [1.54, 1.807) is 0 Å². The average molecular weight is 402 g/mol. The lowest BCUT2D eigenvalue weighted by Gasteiger charge is -2.42. The summed E-state index contributed by atoms with van der Waals surface area (Å²) in [6, 6.07) is 2.18. The second kappa shape index (κ2) is 8.41. The van der Waals surface area contributed by atoms with Crippen LogP contribution < -0.4 is 0 Å². The van der Waals surface area contributed by atoms with Gasteiger partial charge in [-0.3, -0.25) is 9.89 Å². The summed E-state index contributed by atoms with van der Waals surface area (Å²) in [7, 11) is 0. The van der Waals surface area contributed by atoms with E-state index in [0.717, 1.165) is 56.2 Å². The van der Waals surface area contributed by atoms with Crippen molar-refractivity contribution in [2.24, 2.45) is 23.2 Å². The molecule has 3 aliphatic rings. The van der Waals surface area contributed by atoms with Crippen molar-refractivity contribution < 1.29 is 9.53 Å². The molecule has 1 N–H and O–H groups in total. The van der Waals surface area contributed by atoms with Gasteiger partial charge in [0.2, 0.25) is 5.91 Å². The second-order valence-electron chi connectivity index (χ2n) is 10.7. The number of nitrogens with zero attached hydrogens (tertiary/aromatic N) is 2. The normalized spacial score (nSPS) is 34.4. The first-order valence-corrected chi connectivity index (χ1v) is 11.8. The summed E-state index contributed by atoms with van der Waals surface area (Å²) in [5, 5.41) is 7.45. The fraction of sp³-hybridized carbons (Fsp3) is 0.833. The molecule has 5 heteroatoms. The number of aromatic amines is 1. The van der Waals surface area contributed by atoms with Crippen LogP contribution >= 0.6 is 0 Å². The van der Waals surface area contributed by atoms with Crippen molar-refractivity contribution in [1.82, 2.24) is 15.1 Å². The van der Waals surface area contributed by atoms with Crippen LogP contribution in [0.1, 0.15) is 84.3 Å². The lowest BCUT2D eigenvalue weighted by molar-refractivity contribution is -0.140. The summed E-state index contributed by atoms with van der Waals surface area (Å²) >= 11 is 0. The monoisotopic (exact) mass is 401 g/mol. The maximum atomic E-state index is 13.3. The first-order valence-electron chi connectivity index (χ1n) is 11.8. The maximum Gasteiger partial charge on any atom is 0.226 e. The number of likely N-dealkylation sites (tertiary alicyclic amines) is 1. The van der Waals surface area contributed by atoms with Crippen molar-refractivity contribution in [2.45, 2.75) is 90.7 Å². The third-order valence-electron chi connectivity index (χ3n) is 7.94. The van der Waals surface area contributed by atoms with E-state index in [1.807, 2.05) is 6.20 Å². The highest BCUT2D eigenvalue weighted by Crippen LogP contribution is 2.53. The molecule has 0 bridgehead atoms. The zero-order chi connectivity index (χ0) is 20.6. The first-order chi connectivity index (χ1) is 13.9. The van der Waals surface area contributed by atoms with Gasteiger partial charge in [-0.25, -0.2) is 0 Å². The zero-order valence-electron chi connectivity index (χ0n) is 18.7. The molecule has 0 aromatic carbocycles. The van der Waals surface area contributed by atoms with Gasteiger partial charge < -0.3 is 9.64 Å². The van der Waals surface area contributed by atoms with Gasteiger partial charge >= 0.3 is 0 Å². The highest BCUT2D eigenvalue weighted by Gasteiger charge is 2.53. The molecule has 0 spiro atoms. The number of amides is 1. The van der Waals surface area contributed by atoms with Crippen molar-refractivity contribution in [2.75, 3.05) is 13.2 Å². The molecule has 2 saturated carbocycles. The topological polar surface area (TPSA) is 58.2 Å². The molecule has 5 nitrogen and oxygen atoms in total. The van der Waals surface area contributed by atoms with Crippen LogP contribution in [-0.2, 0) is 9.53 Å². The van der Waals surface area contributed by atoms with Gasteiger partial charge in [-0.05, 0) is 68.3 Å². The number of carbonyl (C=O) groups is 1. The summed E-state index contributed by atoms with van der Waals surface area (Å²) in [6.07, 6.45) is 10.2. The van der Waals surface area contributed by atoms with Crippen LogP contribution in [0.15, 0.2) is 12.3 Å². The predicted octanol–water partition coefficient (Wildman–Crippen LogP) is 4.76. The number of nitrogens with one attached hydrogen (secondary N) is 1. The zero-order valence-corrected chi connectivity index (χ0v) is 18.7. The molecule has 2 heterocycles. The van der Waals surface area contributed by atoms with E-state index < -0.39 is 0 Å². The van der Waals surface area contributed by atoms with Gasteiger partial charge in [-0.15, -0.1) is 0 Å². The molecule has 1 aromatic heterocycles. The van der Waals surface area contributed by atoms with Gasteiger partial charge in [0.05, 0.1) is 24.4 Å². The van der Waals surface area contributed by atoms with Crippen molar-refractivity contribution >= 4 is 5.91 Å². The summed E-state index contributed by atoms with van der Waals surface area (Å²) < 4.78 is 6.48. The summed E-state index contributed by atoms with van der Waals surface area (Å²) in [5.74, 6) is 2.41. The Balaban J connectivity index is 1.43. The second-order valence-corrected chi connectivity index (χ2v) is 10.7. The minimum Gasteiger partial charge on any atom is -0.376 e. The van der Waals surface area contributed by atoms with Crippen LogP contribution in [-0.4, -0.2) is 46.3 Å². The van der Waals surface area contributed by atoms with E-state index in [1.165, 1.54) is 12.8 Å². The van der Waals surface area contributed by atoms with Crippen molar-refractivity contribution in [3.05, 3.63) is 18.0 Å². The van der Waals surface area contributed by atoms with E-state index in [4.69, 9.17) is 4.74 Å². The first kappa shape index (κ1) is 20.9. The number of carbonyl (C=O) groups excluding carboxylic acids is 1. The molecule has 4 rings (SSSR count). The van der Waals surface area contributed by atoms with Gasteiger partial charge in [0, 0.05) is 24.6 Å². The van der Waals surface area contributed by atoms with Gasteiger partial charge in [0.15, 0.2) is 0 Å². The molecule has 1 saturated heterocycles. The Morgan fingerprint density at radius 3 is 2.59 bits per heavy atom. The maximum absolute atomic E-state index is 13.3. The van der Waals surface area contributed by atoms with Crippen LogP contribution in [0.25, 0.3) is 0 Å². The number of rotatable bonds is 6. The minimum absolute atomic E-state index is 0.110. The molecule has 3 fully saturated rings. The average Bonchev–Trinajstić information content (AvgIpc) is 3.08. The lowest BCUT2D eigenvalue weighted by atomic mass is 9.80. The minimum atomic E-state index is 0.110. The lowest BCUT2D eigenvalue weighted by Crippen LogP contribution is -2.51. The quantitative estimate of drug-likeness (QED) is 0.747. The molecule has 0 radical (unpaired) electrons. The van der Waals surface area contributed by atoms with Crippen molar-refractivity contribution in [1.29, 1.82) is 0 Å². The SMILES string of the molecule is CC(C)C1CCC(OCC2C(c3cc[nH]n3)CCCN2C(=O)C2CC2(C)C)CC1. The number of piperidine rings is 1. The molecule has 2 aliphatic carbocycles.